The molecule has 2 N–H and O–H groups in total. The Balaban J connectivity index is 2.80. The fourth-order valence-electron chi connectivity index (χ4n) is 1.44. The zero-order chi connectivity index (χ0) is 13.4. The van der Waals surface area contributed by atoms with E-state index in [1.54, 1.807) is 13.4 Å². The third-order valence-corrected chi connectivity index (χ3v) is 3.45. The lowest BCUT2D eigenvalue weighted by Gasteiger charge is -2.12. The van der Waals surface area contributed by atoms with Crippen LogP contribution in [-0.4, -0.2) is 35.2 Å². The van der Waals surface area contributed by atoms with Gasteiger partial charge in [0.15, 0.2) is 0 Å². The van der Waals surface area contributed by atoms with Gasteiger partial charge in [-0.3, -0.25) is 4.79 Å². The van der Waals surface area contributed by atoms with E-state index in [1.807, 2.05) is 0 Å². The van der Waals surface area contributed by atoms with Crippen LogP contribution >= 0.6 is 11.8 Å². The van der Waals surface area contributed by atoms with Crippen LogP contribution in [0.5, 0.6) is 0 Å². The molecule has 0 saturated heterocycles. The Hall–Kier alpha value is -1.30. The van der Waals surface area contributed by atoms with Crippen molar-refractivity contribution < 1.29 is 4.79 Å². The van der Waals surface area contributed by atoms with Gasteiger partial charge in [0.1, 0.15) is 17.2 Å². The lowest BCUT2D eigenvalue weighted by molar-refractivity contribution is -0.118. The Kier molecular flexibility index (Phi) is 6.49. The highest BCUT2D eigenvalue weighted by Crippen LogP contribution is 2.25. The molecule has 0 fully saturated rings. The molecule has 0 aromatic carbocycles. The molecular formula is C12H20N4OS. The highest BCUT2D eigenvalue weighted by molar-refractivity contribution is 7.99. The second-order valence-electron chi connectivity index (χ2n) is 3.75. The molecule has 0 aliphatic carbocycles. The summed E-state index contributed by atoms with van der Waals surface area (Å²) in [4.78, 5) is 19.8. The molecule has 1 heterocycles. The first-order chi connectivity index (χ1) is 8.72. The maximum absolute atomic E-state index is 11.3. The summed E-state index contributed by atoms with van der Waals surface area (Å²) in [6.07, 6.45) is 3.44. The number of aromatic nitrogens is 2. The van der Waals surface area contributed by atoms with Crippen LogP contribution in [0.1, 0.15) is 25.8 Å². The smallest absolute Gasteiger partial charge is 0.230 e. The Morgan fingerprint density at radius 2 is 2.17 bits per heavy atom. The van der Waals surface area contributed by atoms with Gasteiger partial charge in [0.25, 0.3) is 0 Å². The van der Waals surface area contributed by atoms with Gasteiger partial charge in [0.2, 0.25) is 5.91 Å². The van der Waals surface area contributed by atoms with Crippen LogP contribution in [0.25, 0.3) is 0 Å². The van der Waals surface area contributed by atoms with E-state index in [4.69, 9.17) is 0 Å². The number of hydrogen-bond donors (Lipinski definition) is 2. The second kappa shape index (κ2) is 7.92. The van der Waals surface area contributed by atoms with Gasteiger partial charge in [-0.25, -0.2) is 9.97 Å². The molecule has 1 amide bonds. The van der Waals surface area contributed by atoms with Gasteiger partial charge in [0, 0.05) is 19.2 Å². The number of thioether (sulfide) groups is 1. The normalized spacial score (nSPS) is 10.2. The van der Waals surface area contributed by atoms with Crippen LogP contribution in [0, 0.1) is 0 Å². The third-order valence-electron chi connectivity index (χ3n) is 2.42. The Labute approximate surface area is 112 Å². The monoisotopic (exact) mass is 268 g/mol. The van der Waals surface area contributed by atoms with Crippen LogP contribution in [-0.2, 0) is 11.2 Å². The number of amides is 1. The molecular weight excluding hydrogens is 248 g/mol. The average Bonchev–Trinajstić information content (AvgIpc) is 2.42. The largest absolute Gasteiger partial charge is 0.370 e. The van der Waals surface area contributed by atoms with Crippen molar-refractivity contribution in [2.75, 3.05) is 24.7 Å². The van der Waals surface area contributed by atoms with Crippen molar-refractivity contribution in [2.24, 2.45) is 0 Å². The van der Waals surface area contributed by atoms with Crippen LogP contribution < -0.4 is 10.6 Å². The quantitative estimate of drug-likeness (QED) is 0.582. The second-order valence-corrected chi connectivity index (χ2v) is 4.71. The molecule has 0 unspecified atom stereocenters. The van der Waals surface area contributed by atoms with Crippen LogP contribution in [0.4, 0.5) is 5.82 Å². The van der Waals surface area contributed by atoms with Gasteiger partial charge < -0.3 is 10.6 Å². The van der Waals surface area contributed by atoms with E-state index in [-0.39, 0.29) is 5.91 Å². The van der Waals surface area contributed by atoms with Crippen LogP contribution in [0.2, 0.25) is 0 Å². The van der Waals surface area contributed by atoms with Crippen molar-refractivity contribution >= 4 is 23.5 Å². The van der Waals surface area contributed by atoms with Gasteiger partial charge in [0.05, 0.1) is 5.75 Å². The predicted molar refractivity (Wildman–Crippen MR) is 75.0 cm³/mol. The summed E-state index contributed by atoms with van der Waals surface area (Å²) >= 11 is 1.45. The molecule has 5 nitrogen and oxygen atoms in total. The molecule has 0 aliphatic heterocycles. The first kappa shape index (κ1) is 14.8. The zero-order valence-electron chi connectivity index (χ0n) is 11.1. The number of hydrogen-bond acceptors (Lipinski definition) is 5. The van der Waals surface area contributed by atoms with Gasteiger partial charge >= 0.3 is 0 Å². The van der Waals surface area contributed by atoms with E-state index >= 15 is 0 Å². The first-order valence-corrected chi connectivity index (χ1v) is 7.12. The van der Waals surface area contributed by atoms with Gasteiger partial charge in [-0.05, 0) is 12.8 Å². The number of rotatable bonds is 7. The standard InChI is InChI=1S/C12H20N4OS/c1-4-6-14-11-9(5-2)12(16-8-15-11)18-7-10(17)13-3/h8H,4-7H2,1-3H3,(H,13,17)(H,14,15,16). The number of nitrogens with zero attached hydrogens (tertiary/aromatic N) is 2. The predicted octanol–water partition coefficient (Wildman–Crippen LogP) is 1.70. The molecule has 0 radical (unpaired) electrons. The molecule has 1 aromatic rings. The Morgan fingerprint density at radius 1 is 1.39 bits per heavy atom. The Morgan fingerprint density at radius 3 is 2.78 bits per heavy atom. The van der Waals surface area contributed by atoms with Crippen molar-refractivity contribution in [3.8, 4) is 0 Å². The molecule has 1 rings (SSSR count). The molecule has 0 bridgehead atoms. The van der Waals surface area contributed by atoms with E-state index in [9.17, 15) is 4.79 Å². The summed E-state index contributed by atoms with van der Waals surface area (Å²) in [5.41, 5.74) is 1.08. The lowest BCUT2D eigenvalue weighted by Crippen LogP contribution is -2.20. The minimum Gasteiger partial charge on any atom is -0.370 e. The number of carbonyl (C=O) groups excluding carboxylic acids is 1. The molecule has 0 aliphatic rings. The van der Waals surface area contributed by atoms with Crippen molar-refractivity contribution in [2.45, 2.75) is 31.7 Å². The maximum Gasteiger partial charge on any atom is 0.230 e. The van der Waals surface area contributed by atoms with Crippen molar-refractivity contribution in [3.05, 3.63) is 11.9 Å². The average molecular weight is 268 g/mol. The third kappa shape index (κ3) is 4.18. The number of anilines is 1. The van der Waals surface area contributed by atoms with E-state index in [0.29, 0.717) is 5.75 Å². The summed E-state index contributed by atoms with van der Waals surface area (Å²) in [6.45, 7) is 5.07. The van der Waals surface area contributed by atoms with Gasteiger partial charge in [-0.2, -0.15) is 0 Å². The van der Waals surface area contributed by atoms with Crippen LogP contribution in [0.15, 0.2) is 11.4 Å². The minimum atomic E-state index is 0.00346. The van der Waals surface area contributed by atoms with Crippen molar-refractivity contribution in [1.82, 2.24) is 15.3 Å². The zero-order valence-corrected chi connectivity index (χ0v) is 11.9. The SMILES string of the molecule is CCCNc1ncnc(SCC(=O)NC)c1CC. The lowest BCUT2D eigenvalue weighted by atomic mass is 10.2. The summed E-state index contributed by atoms with van der Waals surface area (Å²) in [5.74, 6) is 1.27. The summed E-state index contributed by atoms with van der Waals surface area (Å²) < 4.78 is 0. The van der Waals surface area contributed by atoms with Gasteiger partial charge in [-0.1, -0.05) is 25.6 Å². The van der Waals surface area contributed by atoms with Crippen LogP contribution in [0.3, 0.4) is 0 Å². The number of nitrogens with one attached hydrogen (secondary N) is 2. The van der Waals surface area contributed by atoms with E-state index < -0.39 is 0 Å². The number of carbonyl (C=O) groups is 1. The van der Waals surface area contributed by atoms with Crippen molar-refractivity contribution in [3.63, 3.8) is 0 Å². The molecule has 0 spiro atoms. The fraction of sp³-hybridized carbons (Fsp3) is 0.583. The molecule has 18 heavy (non-hydrogen) atoms. The highest BCUT2D eigenvalue weighted by atomic mass is 32.2. The van der Waals surface area contributed by atoms with E-state index in [2.05, 4.69) is 34.4 Å². The molecule has 100 valence electrons. The minimum absolute atomic E-state index is 0.00346. The summed E-state index contributed by atoms with van der Waals surface area (Å²) in [5, 5.41) is 6.78. The topological polar surface area (TPSA) is 66.9 Å². The first-order valence-electron chi connectivity index (χ1n) is 6.14. The highest BCUT2D eigenvalue weighted by Gasteiger charge is 2.11. The maximum atomic E-state index is 11.3. The molecule has 1 aromatic heterocycles. The summed E-state index contributed by atoms with van der Waals surface area (Å²) in [6, 6.07) is 0. The summed E-state index contributed by atoms with van der Waals surface area (Å²) in [7, 11) is 1.64. The van der Waals surface area contributed by atoms with Gasteiger partial charge in [-0.15, -0.1) is 0 Å². The molecule has 6 heteroatoms. The van der Waals surface area contributed by atoms with E-state index in [1.165, 1.54) is 11.8 Å². The Bertz CT molecular complexity index is 398. The fourth-order valence-corrected chi connectivity index (χ4v) is 2.39. The van der Waals surface area contributed by atoms with E-state index in [0.717, 1.165) is 35.8 Å². The van der Waals surface area contributed by atoms with Crippen molar-refractivity contribution in [1.29, 1.82) is 0 Å². The molecule has 0 atom stereocenters. The molecule has 0 saturated carbocycles.